The minimum atomic E-state index is -1.70. The molecular weight excluding hydrogens is 617 g/mol. The summed E-state index contributed by atoms with van der Waals surface area (Å²) in [4.78, 5) is 25.4. The number of aliphatic imine (C=N–C) groups is 1. The minimum Gasteiger partial charge on any atom is -0.494 e. The highest BCUT2D eigenvalue weighted by Crippen LogP contribution is 2.46. The Labute approximate surface area is 275 Å². The van der Waals surface area contributed by atoms with Gasteiger partial charge in [-0.15, -0.1) is 0 Å². The van der Waals surface area contributed by atoms with Crippen LogP contribution < -0.4 is 15.6 Å². The van der Waals surface area contributed by atoms with Gasteiger partial charge in [0.2, 0.25) is 5.90 Å². The lowest BCUT2D eigenvalue weighted by Gasteiger charge is -2.31. The Balaban J connectivity index is 1.56. The first-order valence-electron chi connectivity index (χ1n) is 15.1. The van der Waals surface area contributed by atoms with Gasteiger partial charge in [0.05, 0.1) is 6.61 Å². The van der Waals surface area contributed by atoms with Crippen LogP contribution in [-0.4, -0.2) is 42.2 Å². The van der Waals surface area contributed by atoms with Crippen molar-refractivity contribution in [3.8, 4) is 5.75 Å². The van der Waals surface area contributed by atoms with Crippen LogP contribution in [0, 0.1) is 5.82 Å². The largest absolute Gasteiger partial charge is 0.494 e. The van der Waals surface area contributed by atoms with E-state index in [1.54, 1.807) is 84.9 Å². The highest BCUT2D eigenvalue weighted by Gasteiger charge is 2.54. The summed E-state index contributed by atoms with van der Waals surface area (Å²) < 4.78 is 25.6. The summed E-state index contributed by atoms with van der Waals surface area (Å²) in [6, 6.07) is 26.6. The van der Waals surface area contributed by atoms with Crippen molar-refractivity contribution in [2.45, 2.75) is 30.9 Å². The van der Waals surface area contributed by atoms with E-state index in [1.165, 1.54) is 12.1 Å². The molecule has 1 heterocycles. The van der Waals surface area contributed by atoms with Gasteiger partial charge in [0.1, 0.15) is 11.6 Å². The van der Waals surface area contributed by atoms with E-state index in [-0.39, 0.29) is 30.4 Å². The van der Waals surface area contributed by atoms with Crippen LogP contribution in [0.1, 0.15) is 34.8 Å². The zero-order valence-electron chi connectivity index (χ0n) is 25.7. The average Bonchev–Trinajstić information content (AvgIpc) is 3.49. The van der Waals surface area contributed by atoms with Crippen molar-refractivity contribution in [1.29, 1.82) is 0 Å². The number of rotatable bonds is 15. The van der Waals surface area contributed by atoms with Crippen molar-refractivity contribution in [3.63, 3.8) is 0 Å². The number of benzene rings is 4. The molecule has 3 N–H and O–H groups in total. The number of ether oxygens (including phenoxy) is 2. The van der Waals surface area contributed by atoms with Crippen LogP contribution >= 0.6 is 0 Å². The normalized spacial score (nSPS) is 16.5. The molecule has 1 aliphatic rings. The molecule has 0 bridgehead atoms. The summed E-state index contributed by atoms with van der Waals surface area (Å²) in [5, 5.41) is 16.8. The zero-order chi connectivity index (χ0) is 33.8. The smallest absolute Gasteiger partial charge is 0.266 e. The average molecular weight is 650 g/mol. The van der Waals surface area contributed by atoms with Crippen molar-refractivity contribution >= 4 is 23.2 Å². The van der Waals surface area contributed by atoms with E-state index in [4.69, 9.17) is 19.6 Å². The number of nitrogens with one attached hydrogen (secondary N) is 2. The van der Waals surface area contributed by atoms with Gasteiger partial charge in [0.25, 0.3) is 5.91 Å². The molecule has 1 aliphatic heterocycles. The van der Waals surface area contributed by atoms with E-state index in [1.807, 2.05) is 0 Å². The SMILES string of the molecule is [N-]=[N+]=Nc1ccccc1C[C@]1(C(=O)NNCCc2ccc(F)cc2)N=C(c2ccc(OCCCO)cc2)O[C@H]1c1ccccc1N=[N+]=[N-]. The van der Waals surface area contributed by atoms with Crippen LogP contribution in [0.4, 0.5) is 15.8 Å². The summed E-state index contributed by atoms with van der Waals surface area (Å²) in [7, 11) is 0. The van der Waals surface area contributed by atoms with E-state index in [2.05, 4.69) is 30.9 Å². The number of aliphatic hydroxyl groups is 1. The Bertz CT molecular complexity index is 1860. The van der Waals surface area contributed by atoms with Crippen molar-refractivity contribution < 1.29 is 23.8 Å². The van der Waals surface area contributed by atoms with Crippen molar-refractivity contribution in [2.75, 3.05) is 19.8 Å². The van der Waals surface area contributed by atoms with Crippen molar-refractivity contribution in [2.24, 2.45) is 15.2 Å². The summed E-state index contributed by atoms with van der Waals surface area (Å²) in [5.74, 6) is -0.167. The Kier molecular flexibility index (Phi) is 11.2. The van der Waals surface area contributed by atoms with Crippen LogP contribution in [0.15, 0.2) is 112 Å². The minimum absolute atomic E-state index is 0.00941. The van der Waals surface area contributed by atoms with Crippen LogP contribution in [-0.2, 0) is 22.4 Å². The van der Waals surface area contributed by atoms with Gasteiger partial charge in [-0.25, -0.2) is 14.8 Å². The van der Waals surface area contributed by atoms with E-state index in [0.717, 1.165) is 5.56 Å². The molecule has 0 saturated heterocycles. The van der Waals surface area contributed by atoms with E-state index < -0.39 is 17.6 Å². The lowest BCUT2D eigenvalue weighted by atomic mass is 9.81. The number of hydrogen-bond acceptors (Lipinski definition) is 8. The second kappa shape index (κ2) is 16.1. The second-order valence-electron chi connectivity index (χ2n) is 10.8. The Hall–Kier alpha value is -5.91. The fourth-order valence-corrected chi connectivity index (χ4v) is 5.31. The second-order valence-corrected chi connectivity index (χ2v) is 10.8. The first-order chi connectivity index (χ1) is 23.5. The third-order valence-corrected chi connectivity index (χ3v) is 7.66. The van der Waals surface area contributed by atoms with Crippen molar-refractivity contribution in [1.82, 2.24) is 10.9 Å². The summed E-state index contributed by atoms with van der Waals surface area (Å²) in [6.45, 7) is 0.668. The molecule has 0 aromatic heterocycles. The molecular formula is C34H32FN9O4. The molecule has 14 heteroatoms. The molecule has 0 spiro atoms. The number of hydrazine groups is 1. The molecule has 0 fully saturated rings. The lowest BCUT2D eigenvalue weighted by molar-refractivity contribution is -0.130. The first-order valence-corrected chi connectivity index (χ1v) is 15.1. The molecule has 244 valence electrons. The van der Waals surface area contributed by atoms with Gasteiger partial charge in [-0.1, -0.05) is 70.9 Å². The highest BCUT2D eigenvalue weighted by molar-refractivity contribution is 6.01. The van der Waals surface area contributed by atoms with Crippen LogP contribution in [0.5, 0.6) is 5.75 Å². The molecule has 1 amide bonds. The fourth-order valence-electron chi connectivity index (χ4n) is 5.31. The van der Waals surface area contributed by atoms with Gasteiger partial charge in [-0.05, 0) is 65.0 Å². The molecule has 5 rings (SSSR count). The highest BCUT2D eigenvalue weighted by atomic mass is 19.1. The molecule has 4 aromatic carbocycles. The first kappa shape index (κ1) is 33.5. The fraction of sp³-hybridized carbons (Fsp3) is 0.235. The van der Waals surface area contributed by atoms with Gasteiger partial charge in [-0.2, -0.15) is 0 Å². The Morgan fingerprint density at radius 1 is 0.958 bits per heavy atom. The van der Waals surface area contributed by atoms with Crippen LogP contribution in [0.25, 0.3) is 20.9 Å². The summed E-state index contributed by atoms with van der Waals surface area (Å²) in [5.41, 5.74) is 25.6. The third kappa shape index (κ3) is 7.89. The molecule has 0 radical (unpaired) electrons. The maximum Gasteiger partial charge on any atom is 0.266 e. The molecule has 0 unspecified atom stereocenters. The Morgan fingerprint density at radius 3 is 2.38 bits per heavy atom. The lowest BCUT2D eigenvalue weighted by Crippen LogP contribution is -2.54. The van der Waals surface area contributed by atoms with Gasteiger partial charge >= 0.3 is 0 Å². The Morgan fingerprint density at radius 2 is 1.65 bits per heavy atom. The molecule has 4 aromatic rings. The topological polar surface area (TPSA) is 190 Å². The number of carbonyl (C=O) groups excluding carboxylic acids is 1. The van der Waals surface area contributed by atoms with Crippen LogP contribution in [0.3, 0.4) is 0 Å². The molecule has 48 heavy (non-hydrogen) atoms. The number of carbonyl (C=O) groups is 1. The molecule has 13 nitrogen and oxygen atoms in total. The van der Waals surface area contributed by atoms with E-state index >= 15 is 0 Å². The number of hydrogen-bond donors (Lipinski definition) is 3. The van der Waals surface area contributed by atoms with Crippen molar-refractivity contribution in [3.05, 3.63) is 146 Å². The molecule has 0 aliphatic carbocycles. The predicted molar refractivity (Wildman–Crippen MR) is 177 cm³/mol. The number of halogens is 1. The van der Waals surface area contributed by atoms with Gasteiger partial charge in [0, 0.05) is 58.3 Å². The van der Waals surface area contributed by atoms with E-state index in [9.17, 15) is 20.2 Å². The van der Waals surface area contributed by atoms with Crippen LogP contribution in [0.2, 0.25) is 0 Å². The summed E-state index contributed by atoms with van der Waals surface area (Å²) >= 11 is 0. The molecule has 2 atom stereocenters. The number of azide groups is 2. The molecule has 0 saturated carbocycles. The van der Waals surface area contributed by atoms with Gasteiger partial charge in [0.15, 0.2) is 11.6 Å². The van der Waals surface area contributed by atoms with Gasteiger partial charge < -0.3 is 14.6 Å². The third-order valence-electron chi connectivity index (χ3n) is 7.66. The maximum absolute atomic E-state index is 14.5. The number of amides is 1. The quantitative estimate of drug-likeness (QED) is 0.0417. The monoisotopic (exact) mass is 649 g/mol. The maximum atomic E-state index is 14.5. The summed E-state index contributed by atoms with van der Waals surface area (Å²) in [6.07, 6.45) is -0.174. The predicted octanol–water partition coefficient (Wildman–Crippen LogP) is 6.83. The standard InChI is InChI=1S/C34H32FN9O4/c35-26-14-10-23(11-15-26)18-19-38-42-33(46)34(22-25-6-1-3-8-29(25)40-43-36)31(28-7-2-4-9-30(28)41-44-37)48-32(39-34)24-12-16-27(17-13-24)47-21-5-20-45/h1-4,6-17,31,38,45H,5,18-22H2,(H,42,46)/t31-,34-/m0/s1. The van der Waals surface area contributed by atoms with E-state index in [0.29, 0.717) is 54.1 Å². The zero-order valence-corrected chi connectivity index (χ0v) is 25.7. The van der Waals surface area contributed by atoms with Gasteiger partial charge in [-0.3, -0.25) is 10.2 Å². The number of aliphatic hydroxyl groups excluding tert-OH is 1. The number of nitrogens with zero attached hydrogens (tertiary/aromatic N) is 7.